The summed E-state index contributed by atoms with van der Waals surface area (Å²) in [6.07, 6.45) is 84.0. The van der Waals surface area contributed by atoms with E-state index in [1.165, 1.54) is 148 Å². The molecular formula is C73H132N2O7P+. The molecule has 3 atom stereocenters. The highest BCUT2D eigenvalue weighted by atomic mass is 31.2. The van der Waals surface area contributed by atoms with E-state index < -0.39 is 20.0 Å². The molecule has 0 aliphatic rings. The number of hydrogen-bond donors (Lipinski definition) is 2. The first kappa shape index (κ1) is 79.9. The number of esters is 1. The Morgan fingerprint density at radius 2 is 0.735 bits per heavy atom. The predicted molar refractivity (Wildman–Crippen MR) is 360 cm³/mol. The molecule has 0 bridgehead atoms. The summed E-state index contributed by atoms with van der Waals surface area (Å²) >= 11 is 0. The van der Waals surface area contributed by atoms with Crippen LogP contribution in [-0.4, -0.2) is 74.3 Å². The van der Waals surface area contributed by atoms with Gasteiger partial charge in [-0.2, -0.15) is 0 Å². The summed E-state index contributed by atoms with van der Waals surface area (Å²) < 4.78 is 30.8. The fourth-order valence-corrected chi connectivity index (χ4v) is 10.4. The lowest BCUT2D eigenvalue weighted by Gasteiger charge is -2.27. The van der Waals surface area contributed by atoms with Crippen LogP contribution < -0.4 is 5.32 Å². The van der Waals surface area contributed by atoms with Gasteiger partial charge < -0.3 is 19.4 Å². The molecule has 0 aliphatic heterocycles. The number of phosphoric ester groups is 1. The Kier molecular flexibility index (Phi) is 59.7. The predicted octanol–water partition coefficient (Wildman–Crippen LogP) is 21.9. The zero-order chi connectivity index (χ0) is 60.7. The molecule has 480 valence electrons. The maximum absolute atomic E-state index is 13.6. The molecule has 2 N–H and O–H groups in total. The number of phosphoric acid groups is 1. The SMILES string of the molecule is CCCCC/C=C\C/C=C\C/C=C\C/C=C\CCCCCCCC(=O)OC(/C=C/CCCCCCCCCCCCC)C(COP(=O)(O)OCC[N+](C)(C)C)NC(=O)CCCCCCCCCCCC/C=C\C/C=C\C/C=C\CCCCC. The molecule has 0 aromatic heterocycles. The Bertz CT molecular complexity index is 1740. The molecule has 0 saturated carbocycles. The first-order valence-corrected chi connectivity index (χ1v) is 36.1. The second-order valence-corrected chi connectivity index (χ2v) is 25.8. The lowest BCUT2D eigenvalue weighted by molar-refractivity contribution is -0.870. The number of nitrogens with zero attached hydrogens (tertiary/aromatic N) is 1. The topological polar surface area (TPSA) is 111 Å². The highest BCUT2D eigenvalue weighted by Gasteiger charge is 2.30. The quantitative estimate of drug-likeness (QED) is 0.0205. The molecule has 83 heavy (non-hydrogen) atoms. The minimum absolute atomic E-state index is 0.0322. The van der Waals surface area contributed by atoms with Gasteiger partial charge in [-0.3, -0.25) is 18.6 Å². The number of carbonyl (C=O) groups excluding carboxylic acids is 2. The van der Waals surface area contributed by atoms with Crippen LogP contribution in [0.25, 0.3) is 0 Å². The molecule has 0 rings (SSSR count). The molecule has 1 amide bonds. The third-order valence-corrected chi connectivity index (χ3v) is 16.0. The van der Waals surface area contributed by atoms with Crippen LogP contribution in [0, 0.1) is 0 Å². The summed E-state index contributed by atoms with van der Waals surface area (Å²) in [4.78, 5) is 37.9. The van der Waals surface area contributed by atoms with E-state index in [4.69, 9.17) is 13.8 Å². The van der Waals surface area contributed by atoms with Gasteiger partial charge in [-0.25, -0.2) is 4.57 Å². The Morgan fingerprint density at radius 3 is 1.12 bits per heavy atom. The van der Waals surface area contributed by atoms with Crippen molar-refractivity contribution in [2.24, 2.45) is 0 Å². The van der Waals surface area contributed by atoms with Crippen molar-refractivity contribution in [1.82, 2.24) is 5.32 Å². The van der Waals surface area contributed by atoms with E-state index in [-0.39, 0.29) is 31.5 Å². The molecule has 0 aromatic carbocycles. The van der Waals surface area contributed by atoms with Gasteiger partial charge in [-0.05, 0) is 115 Å². The number of unbranched alkanes of at least 4 members (excludes halogenated alkanes) is 32. The van der Waals surface area contributed by atoms with Crippen molar-refractivity contribution >= 4 is 19.7 Å². The fourth-order valence-electron chi connectivity index (χ4n) is 9.64. The van der Waals surface area contributed by atoms with E-state index in [1.54, 1.807) is 0 Å². The van der Waals surface area contributed by atoms with Crippen molar-refractivity contribution in [2.75, 3.05) is 40.9 Å². The maximum Gasteiger partial charge on any atom is 0.472 e. The van der Waals surface area contributed by atoms with Gasteiger partial charge in [0.25, 0.3) is 0 Å². The molecular weight excluding hydrogens is 1050 g/mol. The smallest absolute Gasteiger partial charge is 0.456 e. The molecule has 0 spiro atoms. The van der Waals surface area contributed by atoms with E-state index in [0.29, 0.717) is 23.9 Å². The van der Waals surface area contributed by atoms with E-state index in [1.807, 2.05) is 33.3 Å². The Labute approximate surface area is 513 Å². The van der Waals surface area contributed by atoms with E-state index in [2.05, 4.69) is 111 Å². The van der Waals surface area contributed by atoms with Gasteiger partial charge in [0.05, 0.1) is 33.8 Å². The number of ether oxygens (including phenoxy) is 1. The van der Waals surface area contributed by atoms with Crippen molar-refractivity contribution in [3.05, 3.63) is 97.2 Å². The minimum atomic E-state index is -4.47. The van der Waals surface area contributed by atoms with Crippen molar-refractivity contribution in [3.63, 3.8) is 0 Å². The highest BCUT2D eigenvalue weighted by molar-refractivity contribution is 7.47. The number of quaternary nitrogens is 1. The van der Waals surface area contributed by atoms with E-state index >= 15 is 0 Å². The molecule has 9 nitrogen and oxygen atoms in total. The summed E-state index contributed by atoms with van der Waals surface area (Å²) in [5, 5.41) is 3.06. The number of allylic oxidation sites excluding steroid dienone is 15. The second kappa shape index (κ2) is 62.0. The van der Waals surface area contributed by atoms with Gasteiger partial charge in [-0.15, -0.1) is 0 Å². The van der Waals surface area contributed by atoms with Gasteiger partial charge in [-0.1, -0.05) is 272 Å². The number of nitrogens with one attached hydrogen (secondary N) is 1. The van der Waals surface area contributed by atoms with Crippen molar-refractivity contribution in [2.45, 2.75) is 315 Å². The Hall–Kier alpha value is -3.07. The normalized spacial score (nSPS) is 14.2. The van der Waals surface area contributed by atoms with Gasteiger partial charge in [0.15, 0.2) is 0 Å². The fraction of sp³-hybridized carbons (Fsp3) is 0.753. The van der Waals surface area contributed by atoms with Gasteiger partial charge in [0.1, 0.15) is 19.3 Å². The van der Waals surface area contributed by atoms with Crippen molar-refractivity contribution < 1.29 is 37.3 Å². The van der Waals surface area contributed by atoms with Crippen LogP contribution in [0.15, 0.2) is 97.2 Å². The van der Waals surface area contributed by atoms with Crippen LogP contribution >= 0.6 is 7.82 Å². The molecule has 0 saturated heterocycles. The van der Waals surface area contributed by atoms with Crippen molar-refractivity contribution in [3.8, 4) is 0 Å². The zero-order valence-electron chi connectivity index (χ0n) is 54.9. The van der Waals surface area contributed by atoms with Crippen molar-refractivity contribution in [1.29, 1.82) is 0 Å². The van der Waals surface area contributed by atoms with Gasteiger partial charge in [0.2, 0.25) is 5.91 Å². The van der Waals surface area contributed by atoms with Crippen LogP contribution in [-0.2, 0) is 27.9 Å². The monoisotopic (exact) mass is 1180 g/mol. The summed E-state index contributed by atoms with van der Waals surface area (Å²) in [6.45, 7) is 6.96. The number of rotatable bonds is 62. The number of carbonyl (C=O) groups is 2. The van der Waals surface area contributed by atoms with Crippen LogP contribution in [0.2, 0.25) is 0 Å². The van der Waals surface area contributed by atoms with E-state index in [9.17, 15) is 19.0 Å². The number of likely N-dealkylation sites (N-methyl/N-ethyl adjacent to an activating group) is 1. The Morgan fingerprint density at radius 1 is 0.422 bits per heavy atom. The molecule has 3 unspecified atom stereocenters. The first-order chi connectivity index (χ1) is 40.4. The zero-order valence-corrected chi connectivity index (χ0v) is 55.8. The molecule has 0 heterocycles. The summed E-state index contributed by atoms with van der Waals surface area (Å²) in [5.74, 6) is -0.528. The van der Waals surface area contributed by atoms with Gasteiger partial charge >= 0.3 is 13.8 Å². The Balaban J connectivity index is 5.21. The third-order valence-electron chi connectivity index (χ3n) is 15.0. The lowest BCUT2D eigenvalue weighted by atomic mass is 10.0. The van der Waals surface area contributed by atoms with Crippen LogP contribution in [0.1, 0.15) is 303 Å². The minimum Gasteiger partial charge on any atom is -0.456 e. The molecule has 0 aliphatic carbocycles. The average molecular weight is 1180 g/mol. The molecule has 0 fully saturated rings. The molecule has 0 aromatic rings. The van der Waals surface area contributed by atoms with Crippen LogP contribution in [0.4, 0.5) is 0 Å². The number of hydrogen-bond acceptors (Lipinski definition) is 6. The first-order valence-electron chi connectivity index (χ1n) is 34.6. The molecule has 10 heteroatoms. The van der Waals surface area contributed by atoms with E-state index in [0.717, 1.165) is 116 Å². The van der Waals surface area contributed by atoms with Crippen LogP contribution in [0.5, 0.6) is 0 Å². The lowest BCUT2D eigenvalue weighted by Crippen LogP contribution is -2.47. The summed E-state index contributed by atoms with van der Waals surface area (Å²) in [7, 11) is 1.48. The van der Waals surface area contributed by atoms with Crippen LogP contribution in [0.3, 0.4) is 0 Å². The standard InChI is InChI=1S/C73H131N2O7P/c1-7-10-13-16-19-22-25-28-30-32-34-36-37-39-40-42-44-47-50-53-56-59-62-65-72(76)74-70(69-81-83(78,79)80-68-67-75(4,5)6)71(64-61-58-55-52-49-46-27-24-21-18-15-12-9-3)82-73(77)66-63-60-57-54-51-48-45-43-41-38-35-33-31-29-26-23-20-17-14-11-8-2/h19-20,22-23,28-31,34-36,38,43,45,61,64,70-71H,7-18,21,24-27,32-33,37,39-42,44,46-60,62-63,65-69H2,1-6H3,(H-,74,76,78,79)/p+1/b22-19-,23-20-,30-28-,31-29-,36-34-,38-35-,45-43-,64-61+. The largest absolute Gasteiger partial charge is 0.472 e. The summed E-state index contributed by atoms with van der Waals surface area (Å²) in [6, 6.07) is -0.865. The number of amides is 1. The second-order valence-electron chi connectivity index (χ2n) is 24.3. The maximum atomic E-state index is 13.6. The summed E-state index contributed by atoms with van der Waals surface area (Å²) in [5.41, 5.74) is 0. The van der Waals surface area contributed by atoms with Gasteiger partial charge in [0, 0.05) is 12.8 Å². The third kappa shape index (κ3) is 63.3. The highest BCUT2D eigenvalue weighted by Crippen LogP contribution is 2.43. The molecule has 0 radical (unpaired) electrons. The average Bonchev–Trinajstić information content (AvgIpc) is 3.47.